The van der Waals surface area contributed by atoms with Gasteiger partial charge in [0.15, 0.2) is 14.1 Å². The molecular weight excluding hydrogens is 557 g/mol. The van der Waals surface area contributed by atoms with Gasteiger partial charge in [0.1, 0.15) is 5.92 Å². The van der Waals surface area contributed by atoms with Crippen LogP contribution in [0.15, 0.2) is 60.7 Å². The maximum absolute atomic E-state index is 14.0. The molecule has 0 saturated heterocycles. The molecule has 0 aliphatic heterocycles. The summed E-state index contributed by atoms with van der Waals surface area (Å²) in [6.07, 6.45) is 1.37. The van der Waals surface area contributed by atoms with Gasteiger partial charge in [0.2, 0.25) is 0 Å². The largest absolute Gasteiger partial charge is 0.468 e. The Morgan fingerprint density at radius 2 is 1.31 bits per heavy atom. The molecule has 3 rings (SSSR count). The SMILES string of the molecule is COC(=O)C1C[C@@H](O[Si](c2ccccc2)(c2ccccc2)C(C)(C)C)C[C@@H](C(C)(C)CCO[Si](C)(C)C(C)(C)C)C1=O. The molecule has 42 heavy (non-hydrogen) atoms. The first kappa shape index (κ1) is 34.4. The van der Waals surface area contributed by atoms with E-state index in [1.807, 2.05) is 12.1 Å². The van der Waals surface area contributed by atoms with Crippen LogP contribution in [0.25, 0.3) is 0 Å². The lowest BCUT2D eigenvalue weighted by Crippen LogP contribution is -2.68. The van der Waals surface area contributed by atoms with Gasteiger partial charge in [-0.15, -0.1) is 0 Å². The fraction of sp³-hybridized carbons (Fsp3) is 0.600. The first-order chi connectivity index (χ1) is 19.4. The summed E-state index contributed by atoms with van der Waals surface area (Å²) in [4.78, 5) is 27.0. The number of Topliss-reactive ketones (excluding diaryl/α,β-unsaturated/α-hetero) is 1. The van der Waals surface area contributed by atoms with Crippen molar-refractivity contribution >= 4 is 38.8 Å². The second-order valence-corrected chi connectivity index (χ2v) is 24.3. The van der Waals surface area contributed by atoms with Crippen molar-refractivity contribution in [2.75, 3.05) is 13.7 Å². The number of rotatable bonds is 10. The molecular formula is C35H54O5Si2. The highest BCUT2D eigenvalue weighted by Gasteiger charge is 2.54. The highest BCUT2D eigenvalue weighted by Crippen LogP contribution is 2.45. The Bertz CT molecular complexity index is 1160. The molecule has 0 radical (unpaired) electrons. The van der Waals surface area contributed by atoms with Crippen LogP contribution in [0.1, 0.15) is 74.7 Å². The van der Waals surface area contributed by atoms with Crippen molar-refractivity contribution in [3.63, 3.8) is 0 Å². The van der Waals surface area contributed by atoms with Crippen molar-refractivity contribution in [2.45, 2.75) is 104 Å². The number of hydrogen-bond donors (Lipinski definition) is 0. The zero-order chi connectivity index (χ0) is 31.6. The van der Waals surface area contributed by atoms with Crippen LogP contribution in [0.3, 0.4) is 0 Å². The maximum Gasteiger partial charge on any atom is 0.316 e. The van der Waals surface area contributed by atoms with E-state index in [2.05, 4.69) is 117 Å². The molecule has 1 unspecified atom stereocenters. The molecule has 1 aliphatic carbocycles. The Labute approximate surface area is 257 Å². The highest BCUT2D eigenvalue weighted by atomic mass is 28.4. The minimum Gasteiger partial charge on any atom is -0.468 e. The summed E-state index contributed by atoms with van der Waals surface area (Å²) in [7, 11) is -3.43. The number of carbonyl (C=O) groups excluding carboxylic acids is 2. The predicted octanol–water partition coefficient (Wildman–Crippen LogP) is 7.14. The van der Waals surface area contributed by atoms with E-state index in [9.17, 15) is 9.59 Å². The number of ketones is 1. The molecule has 2 aromatic rings. The van der Waals surface area contributed by atoms with Crippen molar-refractivity contribution in [3.8, 4) is 0 Å². The van der Waals surface area contributed by atoms with Gasteiger partial charge in [0.05, 0.1) is 7.11 Å². The summed E-state index contributed by atoms with van der Waals surface area (Å²) in [5, 5.41) is 2.28. The van der Waals surface area contributed by atoms with E-state index < -0.39 is 28.5 Å². The van der Waals surface area contributed by atoms with Gasteiger partial charge in [-0.05, 0) is 58.2 Å². The van der Waals surface area contributed by atoms with E-state index in [4.69, 9.17) is 13.6 Å². The quantitative estimate of drug-likeness (QED) is 0.163. The number of carbonyl (C=O) groups is 2. The summed E-state index contributed by atoms with van der Waals surface area (Å²) in [6.45, 7) is 22.9. The molecule has 0 aromatic heterocycles. The molecule has 0 spiro atoms. The van der Waals surface area contributed by atoms with Gasteiger partial charge in [-0.2, -0.15) is 0 Å². The summed E-state index contributed by atoms with van der Waals surface area (Å²) in [5.41, 5.74) is -0.376. The Morgan fingerprint density at radius 3 is 1.74 bits per heavy atom. The molecule has 232 valence electrons. The van der Waals surface area contributed by atoms with Crippen LogP contribution < -0.4 is 10.4 Å². The van der Waals surface area contributed by atoms with E-state index in [0.29, 0.717) is 19.4 Å². The molecule has 0 bridgehead atoms. The van der Waals surface area contributed by atoms with Crippen molar-refractivity contribution < 1.29 is 23.2 Å². The second-order valence-electron chi connectivity index (χ2n) is 15.3. The summed E-state index contributed by atoms with van der Waals surface area (Å²) in [5.74, 6) is -1.67. The van der Waals surface area contributed by atoms with Crippen LogP contribution in [0.5, 0.6) is 0 Å². The zero-order valence-corrected chi connectivity index (χ0v) is 29.9. The van der Waals surface area contributed by atoms with Gasteiger partial charge in [-0.3, -0.25) is 9.59 Å². The Balaban J connectivity index is 2.02. The molecule has 0 N–H and O–H groups in total. The summed E-state index contributed by atoms with van der Waals surface area (Å²) < 4.78 is 19.2. The third-order valence-electron chi connectivity index (χ3n) is 9.89. The van der Waals surface area contributed by atoms with Crippen LogP contribution >= 0.6 is 0 Å². The van der Waals surface area contributed by atoms with Gasteiger partial charge >= 0.3 is 5.97 Å². The lowest BCUT2D eigenvalue weighted by molar-refractivity contribution is -0.156. The molecule has 1 aliphatic rings. The fourth-order valence-corrected chi connectivity index (χ4v) is 11.9. The van der Waals surface area contributed by atoms with Gasteiger partial charge in [0.25, 0.3) is 8.32 Å². The first-order valence-electron chi connectivity index (χ1n) is 15.4. The molecule has 1 saturated carbocycles. The van der Waals surface area contributed by atoms with Crippen LogP contribution in [0.4, 0.5) is 0 Å². The van der Waals surface area contributed by atoms with E-state index in [1.54, 1.807) is 0 Å². The second kappa shape index (κ2) is 12.9. The molecule has 2 aromatic carbocycles. The fourth-order valence-electron chi connectivity index (χ4n) is 6.15. The van der Waals surface area contributed by atoms with Gasteiger partial charge < -0.3 is 13.6 Å². The van der Waals surface area contributed by atoms with E-state index in [-0.39, 0.29) is 33.3 Å². The van der Waals surface area contributed by atoms with E-state index in [0.717, 1.165) is 6.42 Å². The molecule has 0 amide bonds. The van der Waals surface area contributed by atoms with Crippen molar-refractivity contribution in [1.29, 1.82) is 0 Å². The zero-order valence-electron chi connectivity index (χ0n) is 27.9. The van der Waals surface area contributed by atoms with Gasteiger partial charge in [-0.1, -0.05) is 116 Å². The minimum atomic E-state index is -2.88. The summed E-state index contributed by atoms with van der Waals surface area (Å²) in [6, 6.07) is 21.1. The number of ether oxygens (including phenoxy) is 1. The Kier molecular flexibility index (Phi) is 10.6. The van der Waals surface area contributed by atoms with Gasteiger partial charge in [-0.25, -0.2) is 0 Å². The standard InChI is InChI=1S/C35H54O5Si2/c1-33(2,3)41(10,11)39-23-22-35(7,8)30-25-26(24-29(31(30)36)32(37)38-9)40-42(34(4,5)6,27-18-14-12-15-19-27)28-20-16-13-17-21-28/h12-21,26,29-30H,22-25H2,1-11H3/t26-,29?,30-/m1/s1. The first-order valence-corrected chi connectivity index (χ1v) is 20.2. The van der Waals surface area contributed by atoms with Crippen LogP contribution in [-0.2, 0) is 23.2 Å². The lowest BCUT2D eigenvalue weighted by Gasteiger charge is -2.48. The van der Waals surface area contributed by atoms with E-state index >= 15 is 0 Å². The van der Waals surface area contributed by atoms with Crippen LogP contribution in [-0.4, -0.2) is 48.2 Å². The van der Waals surface area contributed by atoms with E-state index in [1.165, 1.54) is 17.5 Å². The van der Waals surface area contributed by atoms with Crippen LogP contribution in [0.2, 0.25) is 23.2 Å². The third kappa shape index (κ3) is 7.17. The Morgan fingerprint density at radius 1 is 0.810 bits per heavy atom. The normalized spacial score (nSPS) is 20.8. The molecule has 1 fully saturated rings. The average Bonchev–Trinajstić information content (AvgIpc) is 2.91. The lowest BCUT2D eigenvalue weighted by atomic mass is 9.65. The molecule has 0 heterocycles. The topological polar surface area (TPSA) is 61.8 Å². The molecule has 5 nitrogen and oxygen atoms in total. The van der Waals surface area contributed by atoms with Crippen LogP contribution in [0, 0.1) is 17.3 Å². The number of methoxy groups -OCH3 is 1. The Hall–Kier alpha value is -2.07. The number of benzene rings is 2. The maximum atomic E-state index is 14.0. The number of hydrogen-bond acceptors (Lipinski definition) is 5. The number of esters is 1. The predicted molar refractivity (Wildman–Crippen MR) is 177 cm³/mol. The van der Waals surface area contributed by atoms with Crippen molar-refractivity contribution in [1.82, 2.24) is 0 Å². The van der Waals surface area contributed by atoms with Crippen molar-refractivity contribution in [2.24, 2.45) is 17.3 Å². The van der Waals surface area contributed by atoms with Crippen molar-refractivity contribution in [3.05, 3.63) is 60.7 Å². The smallest absolute Gasteiger partial charge is 0.316 e. The molecule has 7 heteroatoms. The summed E-state index contributed by atoms with van der Waals surface area (Å²) >= 11 is 0. The highest BCUT2D eigenvalue weighted by molar-refractivity contribution is 6.99. The molecule has 3 atom stereocenters. The van der Waals surface area contributed by atoms with Gasteiger partial charge in [0, 0.05) is 18.6 Å². The third-order valence-corrected chi connectivity index (χ3v) is 19.5. The minimum absolute atomic E-state index is 0.0264. The monoisotopic (exact) mass is 610 g/mol. The average molecular weight is 611 g/mol.